The first-order valence-corrected chi connectivity index (χ1v) is 7.01. The molecule has 0 radical (unpaired) electrons. The van der Waals surface area contributed by atoms with E-state index >= 15 is 0 Å². The molecule has 0 bridgehead atoms. The molecule has 2 rings (SSSR count). The van der Waals surface area contributed by atoms with Crippen LogP contribution >= 0.6 is 0 Å². The van der Waals surface area contributed by atoms with E-state index < -0.39 is 0 Å². The number of amides is 1. The summed E-state index contributed by atoms with van der Waals surface area (Å²) in [6.45, 7) is 3.90. The zero-order chi connectivity index (χ0) is 12.4. The molecule has 3 unspecified atom stereocenters. The molecule has 3 nitrogen and oxygen atoms in total. The van der Waals surface area contributed by atoms with Crippen LogP contribution in [0.3, 0.4) is 0 Å². The van der Waals surface area contributed by atoms with Crippen LogP contribution in [0, 0.1) is 11.8 Å². The normalized spacial score (nSPS) is 32.9. The molecule has 1 saturated carbocycles. The van der Waals surface area contributed by atoms with Gasteiger partial charge in [0.05, 0.1) is 0 Å². The third-order valence-electron chi connectivity index (χ3n) is 4.57. The molecular weight excluding hydrogens is 212 g/mol. The molecule has 1 aliphatic heterocycles. The van der Waals surface area contributed by atoms with Crippen LogP contribution in [0.15, 0.2) is 0 Å². The number of hydrogen-bond acceptors (Lipinski definition) is 2. The lowest BCUT2D eigenvalue weighted by molar-refractivity contribution is -0.130. The Labute approximate surface area is 105 Å². The summed E-state index contributed by atoms with van der Waals surface area (Å²) in [7, 11) is 4.27. The van der Waals surface area contributed by atoms with Crippen molar-refractivity contribution in [3.8, 4) is 0 Å². The van der Waals surface area contributed by atoms with Crippen LogP contribution in [-0.2, 0) is 4.79 Å². The summed E-state index contributed by atoms with van der Waals surface area (Å²) in [4.78, 5) is 16.1. The molecule has 1 heterocycles. The first-order chi connectivity index (χ1) is 8.09. The second kappa shape index (κ2) is 5.38. The van der Waals surface area contributed by atoms with E-state index in [1.165, 1.54) is 32.1 Å². The second-order valence-electron chi connectivity index (χ2n) is 6.04. The molecule has 2 fully saturated rings. The quantitative estimate of drug-likeness (QED) is 0.750. The van der Waals surface area contributed by atoms with E-state index in [-0.39, 0.29) is 5.91 Å². The van der Waals surface area contributed by atoms with Crippen molar-refractivity contribution in [2.45, 2.75) is 45.1 Å². The van der Waals surface area contributed by atoms with Crippen molar-refractivity contribution in [1.82, 2.24) is 9.80 Å². The lowest BCUT2D eigenvalue weighted by Crippen LogP contribution is -2.37. The topological polar surface area (TPSA) is 23.6 Å². The summed E-state index contributed by atoms with van der Waals surface area (Å²) in [5, 5.41) is 0. The standard InChI is InChI=1S/C14H26N2O/c1-11(17)16-10-12(8-9-15(2)3)13-6-4-5-7-14(13)16/h12-14H,4-10H2,1-3H3. The number of likely N-dealkylation sites (tertiary alicyclic amines) is 1. The van der Waals surface area contributed by atoms with Crippen molar-refractivity contribution in [3.05, 3.63) is 0 Å². The highest BCUT2D eigenvalue weighted by Gasteiger charge is 2.43. The van der Waals surface area contributed by atoms with Gasteiger partial charge in [-0.3, -0.25) is 4.79 Å². The Morgan fingerprint density at radius 3 is 2.65 bits per heavy atom. The highest BCUT2D eigenvalue weighted by Crippen LogP contribution is 2.41. The van der Waals surface area contributed by atoms with E-state index in [1.54, 1.807) is 6.92 Å². The lowest BCUT2D eigenvalue weighted by Gasteiger charge is -2.32. The fourth-order valence-electron chi connectivity index (χ4n) is 3.69. The number of rotatable bonds is 3. The van der Waals surface area contributed by atoms with Crippen molar-refractivity contribution >= 4 is 5.91 Å². The van der Waals surface area contributed by atoms with Gasteiger partial charge in [-0.1, -0.05) is 12.8 Å². The minimum atomic E-state index is 0.286. The summed E-state index contributed by atoms with van der Waals surface area (Å²) in [5.74, 6) is 1.81. The number of carbonyl (C=O) groups is 1. The van der Waals surface area contributed by atoms with Gasteiger partial charge in [-0.05, 0) is 51.7 Å². The van der Waals surface area contributed by atoms with Gasteiger partial charge in [0.1, 0.15) is 0 Å². The van der Waals surface area contributed by atoms with E-state index in [2.05, 4.69) is 23.9 Å². The molecule has 1 saturated heterocycles. The molecule has 0 spiro atoms. The van der Waals surface area contributed by atoms with Crippen LogP contribution in [0.1, 0.15) is 39.0 Å². The van der Waals surface area contributed by atoms with Gasteiger partial charge in [0.25, 0.3) is 0 Å². The Kier molecular flexibility index (Phi) is 4.08. The summed E-state index contributed by atoms with van der Waals surface area (Å²) in [5.41, 5.74) is 0. The molecule has 3 heteroatoms. The zero-order valence-corrected chi connectivity index (χ0v) is 11.5. The second-order valence-corrected chi connectivity index (χ2v) is 6.04. The minimum Gasteiger partial charge on any atom is -0.339 e. The van der Waals surface area contributed by atoms with Crippen LogP contribution in [0.4, 0.5) is 0 Å². The van der Waals surface area contributed by atoms with Gasteiger partial charge < -0.3 is 9.80 Å². The molecule has 1 amide bonds. The maximum atomic E-state index is 11.7. The van der Waals surface area contributed by atoms with Gasteiger partial charge in [-0.25, -0.2) is 0 Å². The summed E-state index contributed by atoms with van der Waals surface area (Å²) in [6.07, 6.45) is 6.50. The maximum Gasteiger partial charge on any atom is 0.219 e. The Balaban J connectivity index is 2.00. The molecular formula is C14H26N2O. The zero-order valence-electron chi connectivity index (χ0n) is 11.5. The van der Waals surface area contributed by atoms with Gasteiger partial charge >= 0.3 is 0 Å². The smallest absolute Gasteiger partial charge is 0.219 e. The Hall–Kier alpha value is -0.570. The molecule has 1 aliphatic carbocycles. The average Bonchev–Trinajstić information content (AvgIpc) is 2.65. The van der Waals surface area contributed by atoms with Crippen LogP contribution in [0.5, 0.6) is 0 Å². The largest absolute Gasteiger partial charge is 0.339 e. The number of fused-ring (bicyclic) bond motifs is 1. The summed E-state index contributed by atoms with van der Waals surface area (Å²) >= 11 is 0. The molecule has 98 valence electrons. The minimum absolute atomic E-state index is 0.286. The molecule has 2 aliphatic rings. The average molecular weight is 238 g/mol. The van der Waals surface area contributed by atoms with E-state index in [4.69, 9.17) is 0 Å². The fraction of sp³-hybridized carbons (Fsp3) is 0.929. The molecule has 17 heavy (non-hydrogen) atoms. The van der Waals surface area contributed by atoms with Gasteiger partial charge in [0, 0.05) is 19.5 Å². The number of carbonyl (C=O) groups excluding carboxylic acids is 1. The molecule has 3 atom stereocenters. The Morgan fingerprint density at radius 1 is 1.29 bits per heavy atom. The highest BCUT2D eigenvalue weighted by atomic mass is 16.2. The Morgan fingerprint density at radius 2 is 2.00 bits per heavy atom. The van der Waals surface area contributed by atoms with Crippen LogP contribution in [-0.4, -0.2) is 48.9 Å². The van der Waals surface area contributed by atoms with Gasteiger partial charge in [-0.15, -0.1) is 0 Å². The van der Waals surface area contributed by atoms with Crippen LogP contribution in [0.25, 0.3) is 0 Å². The van der Waals surface area contributed by atoms with Crippen molar-refractivity contribution in [1.29, 1.82) is 0 Å². The predicted octanol–water partition coefficient (Wildman–Crippen LogP) is 1.98. The van der Waals surface area contributed by atoms with Gasteiger partial charge in [0.2, 0.25) is 5.91 Å². The maximum absolute atomic E-state index is 11.7. The molecule has 0 aromatic carbocycles. The van der Waals surface area contributed by atoms with Crippen molar-refractivity contribution in [2.75, 3.05) is 27.2 Å². The third kappa shape index (κ3) is 2.82. The predicted molar refractivity (Wildman–Crippen MR) is 69.8 cm³/mol. The lowest BCUT2D eigenvalue weighted by atomic mass is 9.78. The number of hydrogen-bond donors (Lipinski definition) is 0. The summed E-state index contributed by atoms with van der Waals surface area (Å²) < 4.78 is 0. The van der Waals surface area contributed by atoms with E-state index in [1.807, 2.05) is 0 Å². The SMILES string of the molecule is CC(=O)N1CC(CCN(C)C)C2CCCCC21. The Bertz CT molecular complexity index is 277. The number of nitrogens with zero attached hydrogens (tertiary/aromatic N) is 2. The third-order valence-corrected chi connectivity index (χ3v) is 4.57. The molecule has 0 aromatic rings. The first kappa shape index (κ1) is 12.9. The molecule has 0 N–H and O–H groups in total. The van der Waals surface area contributed by atoms with E-state index in [0.717, 1.165) is 24.9 Å². The molecule has 0 aromatic heterocycles. The first-order valence-electron chi connectivity index (χ1n) is 7.01. The monoisotopic (exact) mass is 238 g/mol. The van der Waals surface area contributed by atoms with E-state index in [9.17, 15) is 4.79 Å². The van der Waals surface area contributed by atoms with E-state index in [0.29, 0.717) is 6.04 Å². The highest BCUT2D eigenvalue weighted by molar-refractivity contribution is 5.74. The van der Waals surface area contributed by atoms with Crippen molar-refractivity contribution in [2.24, 2.45) is 11.8 Å². The summed E-state index contributed by atoms with van der Waals surface area (Å²) in [6, 6.07) is 0.563. The van der Waals surface area contributed by atoms with Crippen LogP contribution < -0.4 is 0 Å². The van der Waals surface area contributed by atoms with Crippen molar-refractivity contribution in [3.63, 3.8) is 0 Å². The van der Waals surface area contributed by atoms with Gasteiger partial charge in [-0.2, -0.15) is 0 Å². The van der Waals surface area contributed by atoms with Crippen LogP contribution in [0.2, 0.25) is 0 Å². The fourth-order valence-corrected chi connectivity index (χ4v) is 3.69. The van der Waals surface area contributed by atoms with Gasteiger partial charge in [0.15, 0.2) is 0 Å². The van der Waals surface area contributed by atoms with Crippen molar-refractivity contribution < 1.29 is 4.79 Å².